The Labute approximate surface area is 97.2 Å². The lowest BCUT2D eigenvalue weighted by Gasteiger charge is -2.00. The molecule has 0 aromatic carbocycles. The van der Waals surface area contributed by atoms with E-state index in [2.05, 4.69) is 19.9 Å². The molecule has 0 unspecified atom stereocenters. The fourth-order valence-electron chi connectivity index (χ4n) is 1.60. The molecule has 0 spiro atoms. The lowest BCUT2D eigenvalue weighted by Crippen LogP contribution is -1.95. The summed E-state index contributed by atoms with van der Waals surface area (Å²) < 4.78 is 1.85. The van der Waals surface area contributed by atoms with Gasteiger partial charge in [0.05, 0.1) is 12.5 Å². The number of pyridine rings is 1. The molecule has 6 nitrogen and oxygen atoms in total. The van der Waals surface area contributed by atoms with Crippen molar-refractivity contribution in [1.29, 1.82) is 0 Å². The highest BCUT2D eigenvalue weighted by Gasteiger charge is 2.06. The normalized spacial score (nSPS) is 10.9. The number of fused-ring (bicyclic) bond motifs is 1. The van der Waals surface area contributed by atoms with Gasteiger partial charge in [-0.3, -0.25) is 0 Å². The lowest BCUT2D eigenvalue weighted by atomic mass is 10.2. The van der Waals surface area contributed by atoms with Gasteiger partial charge in [-0.15, -0.1) is 0 Å². The first-order valence-electron chi connectivity index (χ1n) is 5.10. The maximum atomic E-state index is 5.54. The van der Waals surface area contributed by atoms with E-state index in [1.54, 1.807) is 24.8 Å². The third kappa shape index (κ3) is 1.59. The Morgan fingerprint density at radius 2 is 2.00 bits per heavy atom. The Kier molecular flexibility index (Phi) is 2.01. The van der Waals surface area contributed by atoms with Crippen LogP contribution in [0.3, 0.4) is 0 Å². The van der Waals surface area contributed by atoms with Gasteiger partial charge in [0.1, 0.15) is 11.3 Å². The molecular formula is C11H10N6. The average molecular weight is 226 g/mol. The van der Waals surface area contributed by atoms with Gasteiger partial charge in [0.25, 0.3) is 0 Å². The van der Waals surface area contributed by atoms with E-state index < -0.39 is 0 Å². The van der Waals surface area contributed by atoms with Gasteiger partial charge in [0.2, 0.25) is 0 Å². The number of hydrogen-bond donors (Lipinski definition) is 1. The third-order valence-corrected chi connectivity index (χ3v) is 2.50. The van der Waals surface area contributed by atoms with Crippen molar-refractivity contribution in [2.24, 2.45) is 7.05 Å². The molecule has 3 rings (SSSR count). The van der Waals surface area contributed by atoms with Crippen LogP contribution in [-0.4, -0.2) is 24.5 Å². The number of aryl methyl sites for hydroxylation is 1. The molecule has 0 atom stereocenters. The summed E-state index contributed by atoms with van der Waals surface area (Å²) in [5.74, 6) is 1.10. The van der Waals surface area contributed by atoms with Crippen LogP contribution in [0, 0.1) is 0 Å². The number of aromatic nitrogens is 5. The van der Waals surface area contributed by atoms with Crippen LogP contribution in [0.25, 0.3) is 22.6 Å². The van der Waals surface area contributed by atoms with E-state index in [4.69, 9.17) is 5.73 Å². The smallest absolute Gasteiger partial charge is 0.163 e. The summed E-state index contributed by atoms with van der Waals surface area (Å²) in [6.07, 6.45) is 5.07. The van der Waals surface area contributed by atoms with Gasteiger partial charge in [-0.1, -0.05) is 0 Å². The minimum atomic E-state index is 0.482. The van der Waals surface area contributed by atoms with Crippen LogP contribution >= 0.6 is 0 Å². The maximum Gasteiger partial charge on any atom is 0.163 e. The maximum absolute atomic E-state index is 5.54. The molecule has 0 aliphatic carbocycles. The molecule has 0 fully saturated rings. The van der Waals surface area contributed by atoms with Gasteiger partial charge in [0.15, 0.2) is 11.5 Å². The Bertz CT molecular complexity index is 670. The molecule has 0 bridgehead atoms. The second-order valence-corrected chi connectivity index (χ2v) is 3.73. The zero-order chi connectivity index (χ0) is 11.8. The SMILES string of the molecule is Cn1cnc2cnc(-c3ccc(N)nc3)nc21. The molecule has 2 N–H and O–H groups in total. The number of nitrogen functional groups attached to an aromatic ring is 1. The summed E-state index contributed by atoms with van der Waals surface area (Å²) in [5.41, 5.74) is 7.95. The summed E-state index contributed by atoms with van der Waals surface area (Å²) >= 11 is 0. The van der Waals surface area contributed by atoms with E-state index in [1.165, 1.54) is 0 Å². The quantitative estimate of drug-likeness (QED) is 0.669. The Morgan fingerprint density at radius 3 is 2.76 bits per heavy atom. The van der Waals surface area contributed by atoms with Crippen molar-refractivity contribution < 1.29 is 0 Å². The van der Waals surface area contributed by atoms with Crippen molar-refractivity contribution in [2.75, 3.05) is 5.73 Å². The number of nitrogens with two attached hydrogens (primary N) is 1. The zero-order valence-electron chi connectivity index (χ0n) is 9.20. The largest absolute Gasteiger partial charge is 0.384 e. The lowest BCUT2D eigenvalue weighted by molar-refractivity contribution is 0.929. The van der Waals surface area contributed by atoms with Crippen molar-refractivity contribution in [1.82, 2.24) is 24.5 Å². The van der Waals surface area contributed by atoms with E-state index in [0.717, 1.165) is 16.7 Å². The molecule has 6 heteroatoms. The number of rotatable bonds is 1. The second kappa shape index (κ2) is 3.51. The van der Waals surface area contributed by atoms with Crippen LogP contribution in [0.15, 0.2) is 30.9 Å². The molecule has 0 aliphatic heterocycles. The van der Waals surface area contributed by atoms with Crippen LogP contribution < -0.4 is 5.73 Å². The molecule has 84 valence electrons. The number of nitrogens with zero attached hydrogens (tertiary/aromatic N) is 5. The van der Waals surface area contributed by atoms with Crippen molar-refractivity contribution in [2.45, 2.75) is 0 Å². The van der Waals surface area contributed by atoms with E-state index in [0.29, 0.717) is 11.6 Å². The van der Waals surface area contributed by atoms with Gasteiger partial charge in [0, 0.05) is 18.8 Å². The molecule has 3 aromatic heterocycles. The second-order valence-electron chi connectivity index (χ2n) is 3.73. The first kappa shape index (κ1) is 9.71. The molecule has 3 aromatic rings. The average Bonchev–Trinajstić information content (AvgIpc) is 2.72. The standard InChI is InChI=1S/C11H10N6/c1-17-6-15-8-5-14-10(16-11(8)17)7-2-3-9(12)13-4-7/h2-6H,1H3,(H2,12,13). The third-order valence-electron chi connectivity index (χ3n) is 2.50. The van der Waals surface area contributed by atoms with Gasteiger partial charge < -0.3 is 10.3 Å². The van der Waals surface area contributed by atoms with Crippen molar-refractivity contribution in [3.8, 4) is 11.4 Å². The van der Waals surface area contributed by atoms with Crippen molar-refractivity contribution >= 4 is 17.0 Å². The van der Waals surface area contributed by atoms with Crippen LogP contribution in [0.5, 0.6) is 0 Å². The Morgan fingerprint density at radius 1 is 1.12 bits per heavy atom. The minimum absolute atomic E-state index is 0.482. The van der Waals surface area contributed by atoms with Gasteiger partial charge in [-0.2, -0.15) is 0 Å². The number of anilines is 1. The number of hydrogen-bond acceptors (Lipinski definition) is 5. The Hall–Kier alpha value is -2.50. The zero-order valence-corrected chi connectivity index (χ0v) is 9.20. The summed E-state index contributed by atoms with van der Waals surface area (Å²) in [5, 5.41) is 0. The predicted molar refractivity (Wildman–Crippen MR) is 63.9 cm³/mol. The molecule has 0 saturated heterocycles. The van der Waals surface area contributed by atoms with Crippen LogP contribution in [0.2, 0.25) is 0 Å². The summed E-state index contributed by atoms with van der Waals surface area (Å²) in [4.78, 5) is 16.9. The topological polar surface area (TPSA) is 82.5 Å². The highest BCUT2D eigenvalue weighted by molar-refractivity contribution is 5.72. The molecule has 0 aliphatic rings. The highest BCUT2D eigenvalue weighted by Crippen LogP contribution is 2.17. The van der Waals surface area contributed by atoms with E-state index in [-0.39, 0.29) is 0 Å². The molecule has 0 amide bonds. The van der Waals surface area contributed by atoms with Gasteiger partial charge in [-0.05, 0) is 12.1 Å². The molecule has 3 heterocycles. The predicted octanol–water partition coefficient (Wildman–Crippen LogP) is 1.01. The molecule has 0 saturated carbocycles. The summed E-state index contributed by atoms with van der Waals surface area (Å²) in [6, 6.07) is 3.58. The molecule has 17 heavy (non-hydrogen) atoms. The van der Waals surface area contributed by atoms with Gasteiger partial charge >= 0.3 is 0 Å². The Balaban J connectivity index is 2.17. The van der Waals surface area contributed by atoms with Crippen molar-refractivity contribution in [3.63, 3.8) is 0 Å². The fourth-order valence-corrected chi connectivity index (χ4v) is 1.60. The van der Waals surface area contributed by atoms with Crippen LogP contribution in [0.4, 0.5) is 5.82 Å². The highest BCUT2D eigenvalue weighted by atomic mass is 15.1. The first-order valence-corrected chi connectivity index (χ1v) is 5.10. The van der Waals surface area contributed by atoms with Crippen LogP contribution in [0.1, 0.15) is 0 Å². The van der Waals surface area contributed by atoms with Crippen LogP contribution in [-0.2, 0) is 7.05 Å². The minimum Gasteiger partial charge on any atom is -0.384 e. The van der Waals surface area contributed by atoms with E-state index in [1.807, 2.05) is 17.7 Å². The van der Waals surface area contributed by atoms with E-state index >= 15 is 0 Å². The van der Waals surface area contributed by atoms with Crippen molar-refractivity contribution in [3.05, 3.63) is 30.9 Å². The molecule has 0 radical (unpaired) electrons. The number of imidazole rings is 1. The summed E-state index contributed by atoms with van der Waals surface area (Å²) in [7, 11) is 1.90. The summed E-state index contributed by atoms with van der Waals surface area (Å²) in [6.45, 7) is 0. The van der Waals surface area contributed by atoms with Gasteiger partial charge in [-0.25, -0.2) is 19.9 Å². The van der Waals surface area contributed by atoms with E-state index in [9.17, 15) is 0 Å². The molecular weight excluding hydrogens is 216 g/mol. The fraction of sp³-hybridized carbons (Fsp3) is 0.0909. The first-order chi connectivity index (χ1) is 8.24. The monoisotopic (exact) mass is 226 g/mol.